The lowest BCUT2D eigenvalue weighted by atomic mass is 9.90. The predicted octanol–water partition coefficient (Wildman–Crippen LogP) is 9.54. The van der Waals surface area contributed by atoms with Crippen molar-refractivity contribution in [3.8, 4) is 33.6 Å². The third kappa shape index (κ3) is 7.18. The van der Waals surface area contributed by atoms with Crippen molar-refractivity contribution in [3.05, 3.63) is 180 Å². The Hall–Kier alpha value is -6.54. The molecule has 2 N–H and O–H groups in total. The molecule has 8 nitrogen and oxygen atoms in total. The SMILES string of the molecule is O=C(Cc1ccccc1)N1CCC[C@H]1c1ncc(-c2ccc(-c3ccc(-c4cnc([C@@H]5CCCN5C(=O)C(c5ccccc5)c5ccccc5)[nH]4)cc3)cc2)[nH]1. The number of nitrogens with zero attached hydrogens (tertiary/aromatic N) is 4. The van der Waals surface area contributed by atoms with Gasteiger partial charge in [0.15, 0.2) is 0 Å². The number of rotatable bonds is 10. The van der Waals surface area contributed by atoms with Crippen LogP contribution in [-0.4, -0.2) is 54.6 Å². The largest absolute Gasteiger partial charge is 0.340 e. The summed E-state index contributed by atoms with van der Waals surface area (Å²) in [6.45, 7) is 1.46. The van der Waals surface area contributed by atoms with Crippen molar-refractivity contribution in [1.29, 1.82) is 0 Å². The Kier molecular flexibility index (Phi) is 9.84. The molecule has 2 aliphatic rings. The number of hydrogen-bond acceptors (Lipinski definition) is 4. The average molecular weight is 737 g/mol. The van der Waals surface area contributed by atoms with Gasteiger partial charge in [0, 0.05) is 13.1 Å². The molecule has 2 fully saturated rings. The number of likely N-dealkylation sites (tertiary alicyclic amines) is 2. The van der Waals surface area contributed by atoms with Crippen LogP contribution in [0.4, 0.5) is 0 Å². The van der Waals surface area contributed by atoms with Gasteiger partial charge in [0.05, 0.1) is 48.2 Å². The number of aromatic nitrogens is 4. The van der Waals surface area contributed by atoms with Crippen molar-refractivity contribution in [2.24, 2.45) is 0 Å². The Bertz CT molecular complexity index is 2370. The fourth-order valence-electron chi connectivity index (χ4n) is 8.46. The quantitative estimate of drug-likeness (QED) is 0.146. The number of carbonyl (C=O) groups is 2. The van der Waals surface area contributed by atoms with Gasteiger partial charge >= 0.3 is 0 Å². The Morgan fingerprint density at radius 1 is 0.554 bits per heavy atom. The van der Waals surface area contributed by atoms with Crippen molar-refractivity contribution in [3.63, 3.8) is 0 Å². The van der Waals surface area contributed by atoms with Gasteiger partial charge in [-0.2, -0.15) is 0 Å². The zero-order valence-corrected chi connectivity index (χ0v) is 31.2. The second-order valence-corrected chi connectivity index (χ2v) is 14.9. The summed E-state index contributed by atoms with van der Waals surface area (Å²) in [5.41, 5.74) is 9.23. The Balaban J connectivity index is 0.865. The fourth-order valence-corrected chi connectivity index (χ4v) is 8.46. The van der Waals surface area contributed by atoms with E-state index in [4.69, 9.17) is 9.97 Å². The van der Waals surface area contributed by atoms with Crippen LogP contribution in [0.15, 0.2) is 152 Å². The zero-order valence-electron chi connectivity index (χ0n) is 31.2. The first-order chi connectivity index (χ1) is 27.6. The van der Waals surface area contributed by atoms with Gasteiger partial charge in [0.1, 0.15) is 11.6 Å². The summed E-state index contributed by atoms with van der Waals surface area (Å²) in [6, 6.07) is 46.9. The van der Waals surface area contributed by atoms with Crippen LogP contribution >= 0.6 is 0 Å². The average Bonchev–Trinajstić information content (AvgIpc) is 4.10. The van der Waals surface area contributed by atoms with Gasteiger partial charge < -0.3 is 19.8 Å². The lowest BCUT2D eigenvalue weighted by Gasteiger charge is -2.28. The van der Waals surface area contributed by atoms with Gasteiger partial charge in [-0.1, -0.05) is 140 Å². The molecule has 2 aromatic heterocycles. The first kappa shape index (κ1) is 35.2. The maximum atomic E-state index is 14.3. The summed E-state index contributed by atoms with van der Waals surface area (Å²) < 4.78 is 0. The van der Waals surface area contributed by atoms with E-state index in [2.05, 4.69) is 58.5 Å². The molecule has 9 rings (SSSR count). The number of imidazole rings is 2. The second-order valence-electron chi connectivity index (χ2n) is 14.9. The Morgan fingerprint density at radius 3 is 1.48 bits per heavy atom. The molecular formula is C48H44N6O2. The molecule has 0 radical (unpaired) electrons. The predicted molar refractivity (Wildman–Crippen MR) is 219 cm³/mol. The van der Waals surface area contributed by atoms with E-state index < -0.39 is 0 Å². The molecular weight excluding hydrogens is 693 g/mol. The van der Waals surface area contributed by atoms with E-state index in [1.165, 1.54) is 0 Å². The fraction of sp³-hybridized carbons (Fsp3) is 0.208. The minimum Gasteiger partial charge on any atom is -0.340 e. The second kappa shape index (κ2) is 15.7. The van der Waals surface area contributed by atoms with Crippen LogP contribution in [0.2, 0.25) is 0 Å². The highest BCUT2D eigenvalue weighted by atomic mass is 16.2. The lowest BCUT2D eigenvalue weighted by molar-refractivity contribution is -0.133. The molecule has 278 valence electrons. The summed E-state index contributed by atoms with van der Waals surface area (Å²) in [4.78, 5) is 48.1. The highest BCUT2D eigenvalue weighted by molar-refractivity contribution is 5.88. The molecule has 4 heterocycles. The van der Waals surface area contributed by atoms with Gasteiger partial charge in [-0.05, 0) is 64.6 Å². The molecule has 2 amide bonds. The third-order valence-corrected chi connectivity index (χ3v) is 11.4. The number of nitrogens with one attached hydrogen (secondary N) is 2. The normalized spacial score (nSPS) is 16.8. The minimum atomic E-state index is -0.365. The molecule has 0 bridgehead atoms. The molecule has 0 spiro atoms. The summed E-state index contributed by atoms with van der Waals surface area (Å²) >= 11 is 0. The molecule has 8 heteroatoms. The van der Waals surface area contributed by atoms with Crippen LogP contribution in [-0.2, 0) is 16.0 Å². The topological polar surface area (TPSA) is 98.0 Å². The Morgan fingerprint density at radius 2 is 0.982 bits per heavy atom. The lowest BCUT2D eigenvalue weighted by Crippen LogP contribution is -2.35. The highest BCUT2D eigenvalue weighted by Gasteiger charge is 2.37. The maximum absolute atomic E-state index is 14.3. The van der Waals surface area contributed by atoms with E-state index in [0.29, 0.717) is 13.0 Å². The minimum absolute atomic E-state index is 0.0325. The van der Waals surface area contributed by atoms with Gasteiger partial charge in [-0.25, -0.2) is 9.97 Å². The number of H-pyrrole nitrogens is 2. The van der Waals surface area contributed by atoms with E-state index in [-0.39, 0.29) is 29.8 Å². The summed E-state index contributed by atoms with van der Waals surface area (Å²) in [7, 11) is 0. The van der Waals surface area contributed by atoms with Crippen LogP contribution in [0.25, 0.3) is 33.6 Å². The molecule has 2 saturated heterocycles. The van der Waals surface area contributed by atoms with Crippen molar-refractivity contribution in [2.45, 2.75) is 50.1 Å². The molecule has 0 saturated carbocycles. The first-order valence-electron chi connectivity index (χ1n) is 19.6. The van der Waals surface area contributed by atoms with Crippen molar-refractivity contribution in [2.75, 3.05) is 13.1 Å². The molecule has 7 aromatic rings. The van der Waals surface area contributed by atoms with E-state index in [1.54, 1.807) is 0 Å². The van der Waals surface area contributed by atoms with Crippen LogP contribution in [0.5, 0.6) is 0 Å². The van der Waals surface area contributed by atoms with E-state index in [1.807, 2.05) is 113 Å². The monoisotopic (exact) mass is 736 g/mol. The van der Waals surface area contributed by atoms with Crippen molar-refractivity contribution < 1.29 is 9.59 Å². The summed E-state index contributed by atoms with van der Waals surface area (Å²) in [6.07, 6.45) is 7.86. The Labute approximate surface area is 327 Å². The molecule has 0 aliphatic carbocycles. The van der Waals surface area contributed by atoms with Crippen LogP contribution in [0.3, 0.4) is 0 Å². The number of aromatic amines is 2. The van der Waals surface area contributed by atoms with Gasteiger partial charge in [0.2, 0.25) is 11.8 Å². The number of amides is 2. The molecule has 2 atom stereocenters. The van der Waals surface area contributed by atoms with E-state index >= 15 is 0 Å². The maximum Gasteiger partial charge on any atom is 0.235 e. The highest BCUT2D eigenvalue weighted by Crippen LogP contribution is 2.37. The van der Waals surface area contributed by atoms with Crippen LogP contribution in [0.1, 0.15) is 72.0 Å². The number of benzene rings is 5. The molecule has 56 heavy (non-hydrogen) atoms. The van der Waals surface area contributed by atoms with E-state index in [0.717, 1.165) is 94.2 Å². The van der Waals surface area contributed by atoms with Gasteiger partial charge in [-0.3, -0.25) is 9.59 Å². The van der Waals surface area contributed by atoms with E-state index in [9.17, 15) is 9.59 Å². The van der Waals surface area contributed by atoms with Gasteiger partial charge in [0.25, 0.3) is 0 Å². The third-order valence-electron chi connectivity index (χ3n) is 11.4. The number of carbonyl (C=O) groups excluding carboxylic acids is 2. The molecule has 5 aromatic carbocycles. The molecule has 2 aliphatic heterocycles. The smallest absolute Gasteiger partial charge is 0.235 e. The van der Waals surface area contributed by atoms with Gasteiger partial charge in [-0.15, -0.1) is 0 Å². The standard InChI is InChI=1S/C48H44N6O2/c55-44(30-33-12-4-1-5-13-33)53-28-10-18-42(53)46-49-31-40(51-46)36-24-20-34(21-25-36)35-22-26-37(27-23-35)41-32-50-47(52-41)43-19-11-29-54(43)48(56)45(38-14-6-2-7-15-38)39-16-8-3-9-17-39/h1-9,12-17,20-27,31-32,42-43,45H,10-11,18-19,28-30H2,(H,49,51)(H,50,52)/t42-,43-/m0/s1. The zero-order chi connectivity index (χ0) is 37.8. The first-order valence-corrected chi connectivity index (χ1v) is 19.6. The summed E-state index contributed by atoms with van der Waals surface area (Å²) in [5, 5.41) is 0. The van der Waals surface area contributed by atoms with Crippen LogP contribution < -0.4 is 0 Å². The molecule has 0 unspecified atom stereocenters. The summed E-state index contributed by atoms with van der Waals surface area (Å²) in [5.74, 6) is 1.56. The number of hydrogen-bond donors (Lipinski definition) is 2. The van der Waals surface area contributed by atoms with Crippen molar-refractivity contribution in [1.82, 2.24) is 29.7 Å². The van der Waals surface area contributed by atoms with Crippen LogP contribution in [0, 0.1) is 0 Å². The van der Waals surface area contributed by atoms with Crippen molar-refractivity contribution >= 4 is 11.8 Å².